The zero-order valence-corrected chi connectivity index (χ0v) is 10.7. The zero-order valence-electron chi connectivity index (χ0n) is 9.15. The second-order valence-electron chi connectivity index (χ2n) is 3.69. The van der Waals surface area contributed by atoms with Crippen LogP contribution in [-0.4, -0.2) is 15.6 Å². The highest BCUT2D eigenvalue weighted by atomic mass is 35.5. The molecule has 0 N–H and O–H groups in total. The van der Waals surface area contributed by atoms with Gasteiger partial charge in [0.05, 0.1) is 11.2 Å². The Balaban J connectivity index is 2.20. The summed E-state index contributed by atoms with van der Waals surface area (Å²) in [6, 6.07) is 7.17. The fourth-order valence-electron chi connectivity index (χ4n) is 1.60. The quantitative estimate of drug-likeness (QED) is 0.802. The Morgan fingerprint density at radius 1 is 1.29 bits per heavy atom. The van der Waals surface area contributed by atoms with E-state index in [4.69, 9.17) is 23.2 Å². The van der Waals surface area contributed by atoms with Crippen molar-refractivity contribution >= 4 is 29.0 Å². The lowest BCUT2D eigenvalue weighted by molar-refractivity contribution is 0.0984. The number of halogens is 2. The molecule has 0 aliphatic carbocycles. The minimum Gasteiger partial charge on any atom is -0.292 e. The van der Waals surface area contributed by atoms with Crippen LogP contribution in [0.5, 0.6) is 0 Å². The van der Waals surface area contributed by atoms with Crippen LogP contribution in [0.25, 0.3) is 0 Å². The predicted molar refractivity (Wildman–Crippen MR) is 67.7 cm³/mol. The van der Waals surface area contributed by atoms with Gasteiger partial charge in [-0.3, -0.25) is 9.48 Å². The molecule has 1 aromatic heterocycles. The molecule has 2 aromatic rings. The molecule has 0 saturated carbocycles. The molecule has 0 amide bonds. The SMILES string of the molecule is Cn1ncc(Cl)c1C(=O)Cc1ccc(Cl)cc1. The second-order valence-corrected chi connectivity index (χ2v) is 4.53. The highest BCUT2D eigenvalue weighted by molar-refractivity contribution is 6.33. The molecule has 0 aliphatic rings. The molecule has 88 valence electrons. The molecule has 0 fully saturated rings. The number of hydrogen-bond acceptors (Lipinski definition) is 2. The minimum atomic E-state index is -0.0580. The average Bonchev–Trinajstić information content (AvgIpc) is 2.62. The van der Waals surface area contributed by atoms with Gasteiger partial charge in [0.1, 0.15) is 5.69 Å². The summed E-state index contributed by atoms with van der Waals surface area (Å²) in [4.78, 5) is 12.0. The van der Waals surface area contributed by atoms with E-state index in [9.17, 15) is 4.79 Å². The van der Waals surface area contributed by atoms with E-state index in [1.165, 1.54) is 10.9 Å². The van der Waals surface area contributed by atoms with Gasteiger partial charge in [0.15, 0.2) is 5.78 Å². The Morgan fingerprint density at radius 3 is 2.47 bits per heavy atom. The molecular weight excluding hydrogens is 259 g/mol. The first kappa shape index (κ1) is 12.1. The number of benzene rings is 1. The summed E-state index contributed by atoms with van der Waals surface area (Å²) in [5.41, 5.74) is 1.33. The summed E-state index contributed by atoms with van der Waals surface area (Å²) in [5, 5.41) is 4.97. The van der Waals surface area contributed by atoms with E-state index in [1.54, 1.807) is 19.2 Å². The molecule has 17 heavy (non-hydrogen) atoms. The van der Waals surface area contributed by atoms with E-state index in [0.717, 1.165) is 5.56 Å². The number of aryl methyl sites for hydroxylation is 1. The molecule has 0 saturated heterocycles. The topological polar surface area (TPSA) is 34.9 Å². The Bertz CT molecular complexity index is 527. The number of carbonyl (C=O) groups excluding carboxylic acids is 1. The Hall–Kier alpha value is -1.32. The summed E-state index contributed by atoms with van der Waals surface area (Å²) in [6.45, 7) is 0. The van der Waals surface area contributed by atoms with E-state index >= 15 is 0 Å². The van der Waals surface area contributed by atoms with Gasteiger partial charge in [0.25, 0.3) is 0 Å². The minimum absolute atomic E-state index is 0.0580. The molecule has 0 radical (unpaired) electrons. The summed E-state index contributed by atoms with van der Waals surface area (Å²) < 4.78 is 1.49. The van der Waals surface area contributed by atoms with E-state index < -0.39 is 0 Å². The van der Waals surface area contributed by atoms with Crippen LogP contribution < -0.4 is 0 Å². The highest BCUT2D eigenvalue weighted by Gasteiger charge is 2.15. The maximum absolute atomic E-state index is 12.0. The summed E-state index contributed by atoms with van der Waals surface area (Å²) in [7, 11) is 1.70. The van der Waals surface area contributed by atoms with Crippen molar-refractivity contribution in [2.24, 2.45) is 7.05 Å². The number of ketones is 1. The molecule has 0 unspecified atom stereocenters. The van der Waals surface area contributed by atoms with Crippen molar-refractivity contribution in [3.05, 3.63) is 51.8 Å². The van der Waals surface area contributed by atoms with Gasteiger partial charge < -0.3 is 0 Å². The Kier molecular flexibility index (Phi) is 3.50. The third-order valence-corrected chi connectivity index (χ3v) is 2.96. The van der Waals surface area contributed by atoms with Crippen LogP contribution in [0.4, 0.5) is 0 Å². The standard InChI is InChI=1S/C12H10Cl2N2O/c1-16-12(10(14)7-15-16)11(17)6-8-2-4-9(13)5-3-8/h2-5,7H,6H2,1H3. The Labute approximate surface area is 109 Å². The lowest BCUT2D eigenvalue weighted by Gasteiger charge is -2.03. The summed E-state index contributed by atoms with van der Waals surface area (Å²) in [6.07, 6.45) is 1.76. The number of nitrogens with zero attached hydrogens (tertiary/aromatic N) is 2. The van der Waals surface area contributed by atoms with Crippen LogP contribution in [0, 0.1) is 0 Å². The van der Waals surface area contributed by atoms with Gasteiger partial charge in [-0.05, 0) is 17.7 Å². The van der Waals surface area contributed by atoms with Crippen molar-refractivity contribution < 1.29 is 4.79 Å². The average molecular weight is 269 g/mol. The van der Waals surface area contributed by atoms with Crippen molar-refractivity contribution in [3.8, 4) is 0 Å². The van der Waals surface area contributed by atoms with Gasteiger partial charge in [-0.1, -0.05) is 35.3 Å². The first-order valence-corrected chi connectivity index (χ1v) is 5.78. The molecular formula is C12H10Cl2N2O. The van der Waals surface area contributed by atoms with Crippen LogP contribution in [-0.2, 0) is 13.5 Å². The first-order valence-electron chi connectivity index (χ1n) is 5.03. The van der Waals surface area contributed by atoms with Gasteiger partial charge in [-0.2, -0.15) is 5.10 Å². The van der Waals surface area contributed by atoms with Crippen molar-refractivity contribution in [2.75, 3.05) is 0 Å². The monoisotopic (exact) mass is 268 g/mol. The van der Waals surface area contributed by atoms with E-state index in [0.29, 0.717) is 15.7 Å². The number of rotatable bonds is 3. The van der Waals surface area contributed by atoms with Gasteiger partial charge in [-0.25, -0.2) is 0 Å². The third-order valence-electron chi connectivity index (χ3n) is 2.44. The Morgan fingerprint density at radius 2 is 1.94 bits per heavy atom. The zero-order chi connectivity index (χ0) is 12.4. The molecule has 0 spiro atoms. The van der Waals surface area contributed by atoms with Gasteiger partial charge in [0.2, 0.25) is 0 Å². The lowest BCUT2D eigenvalue weighted by Crippen LogP contribution is -2.10. The molecule has 1 aromatic carbocycles. The molecule has 3 nitrogen and oxygen atoms in total. The fourth-order valence-corrected chi connectivity index (χ4v) is 1.99. The van der Waals surface area contributed by atoms with Crippen LogP contribution in [0.3, 0.4) is 0 Å². The van der Waals surface area contributed by atoms with Crippen molar-refractivity contribution in [2.45, 2.75) is 6.42 Å². The maximum Gasteiger partial charge on any atom is 0.186 e. The molecule has 0 bridgehead atoms. The van der Waals surface area contributed by atoms with Crippen molar-refractivity contribution in [1.82, 2.24) is 9.78 Å². The van der Waals surface area contributed by atoms with Crippen LogP contribution in [0.15, 0.2) is 30.5 Å². The first-order chi connectivity index (χ1) is 8.08. The summed E-state index contributed by atoms with van der Waals surface area (Å²) in [5.74, 6) is -0.0580. The smallest absolute Gasteiger partial charge is 0.186 e. The van der Waals surface area contributed by atoms with E-state index in [-0.39, 0.29) is 12.2 Å². The number of hydrogen-bond donors (Lipinski definition) is 0. The lowest BCUT2D eigenvalue weighted by atomic mass is 10.1. The van der Waals surface area contributed by atoms with Crippen LogP contribution in [0.1, 0.15) is 16.1 Å². The second kappa shape index (κ2) is 4.90. The molecule has 5 heteroatoms. The fraction of sp³-hybridized carbons (Fsp3) is 0.167. The van der Waals surface area contributed by atoms with Crippen molar-refractivity contribution in [3.63, 3.8) is 0 Å². The maximum atomic E-state index is 12.0. The summed E-state index contributed by atoms with van der Waals surface area (Å²) >= 11 is 11.7. The molecule has 0 atom stereocenters. The molecule has 0 aliphatic heterocycles. The van der Waals surface area contributed by atoms with Gasteiger partial charge >= 0.3 is 0 Å². The highest BCUT2D eigenvalue weighted by Crippen LogP contribution is 2.17. The normalized spacial score (nSPS) is 10.5. The van der Waals surface area contributed by atoms with E-state index in [1.807, 2.05) is 12.1 Å². The number of Topliss-reactive ketones (excluding diaryl/α,β-unsaturated/α-hetero) is 1. The van der Waals surface area contributed by atoms with Crippen LogP contribution in [0.2, 0.25) is 10.0 Å². The molecule has 2 rings (SSSR count). The van der Waals surface area contributed by atoms with Gasteiger partial charge in [-0.15, -0.1) is 0 Å². The third kappa shape index (κ3) is 2.68. The predicted octanol–water partition coefficient (Wildman–Crippen LogP) is 3.15. The number of aromatic nitrogens is 2. The van der Waals surface area contributed by atoms with E-state index in [2.05, 4.69) is 5.10 Å². The largest absolute Gasteiger partial charge is 0.292 e. The van der Waals surface area contributed by atoms with Gasteiger partial charge in [0, 0.05) is 18.5 Å². The molecule has 1 heterocycles. The van der Waals surface area contributed by atoms with Crippen LogP contribution >= 0.6 is 23.2 Å². The number of carbonyl (C=O) groups is 1. The van der Waals surface area contributed by atoms with Crippen molar-refractivity contribution in [1.29, 1.82) is 0 Å².